The monoisotopic (exact) mass is 226 g/mol. The van der Waals surface area contributed by atoms with Crippen molar-refractivity contribution in [1.29, 1.82) is 0 Å². The summed E-state index contributed by atoms with van der Waals surface area (Å²) in [4.78, 5) is 0. The average Bonchev–Trinajstić information content (AvgIpc) is 2.60. The molecular formula is C17H22. The van der Waals surface area contributed by atoms with E-state index in [0.29, 0.717) is 0 Å². The molecule has 90 valence electrons. The van der Waals surface area contributed by atoms with E-state index in [2.05, 4.69) is 65.0 Å². The maximum atomic E-state index is 2.40. The Morgan fingerprint density at radius 3 is 2.18 bits per heavy atom. The molecule has 0 N–H and O–H groups in total. The van der Waals surface area contributed by atoms with Crippen LogP contribution in [0, 0.1) is 12.3 Å². The van der Waals surface area contributed by atoms with Crippen LogP contribution in [0.15, 0.2) is 41.5 Å². The van der Waals surface area contributed by atoms with Crippen LogP contribution in [0.4, 0.5) is 0 Å². The van der Waals surface area contributed by atoms with Gasteiger partial charge in [0.25, 0.3) is 0 Å². The van der Waals surface area contributed by atoms with Crippen molar-refractivity contribution in [2.24, 2.45) is 5.41 Å². The van der Waals surface area contributed by atoms with E-state index in [1.165, 1.54) is 27.8 Å². The molecule has 0 bridgehead atoms. The first-order valence-electron chi connectivity index (χ1n) is 6.38. The van der Waals surface area contributed by atoms with Gasteiger partial charge in [-0.15, -0.1) is 0 Å². The van der Waals surface area contributed by atoms with Crippen LogP contribution in [0.3, 0.4) is 0 Å². The first-order chi connectivity index (χ1) is 7.91. The second-order valence-electron chi connectivity index (χ2n) is 5.99. The molecule has 0 atom stereocenters. The number of aryl methyl sites for hydroxylation is 1. The van der Waals surface area contributed by atoms with Gasteiger partial charge in [-0.3, -0.25) is 0 Å². The summed E-state index contributed by atoms with van der Waals surface area (Å²) in [6.45, 7) is 11.4. The topological polar surface area (TPSA) is 0 Å². The van der Waals surface area contributed by atoms with Gasteiger partial charge < -0.3 is 0 Å². The predicted molar refractivity (Wildman–Crippen MR) is 75.9 cm³/mol. The minimum absolute atomic E-state index is 0.258. The molecule has 2 rings (SSSR count). The zero-order valence-electron chi connectivity index (χ0n) is 11.6. The molecule has 1 aliphatic carbocycles. The molecule has 0 aliphatic heterocycles. The predicted octanol–water partition coefficient (Wildman–Crippen LogP) is 5.14. The van der Waals surface area contributed by atoms with Crippen molar-refractivity contribution in [3.63, 3.8) is 0 Å². The van der Waals surface area contributed by atoms with E-state index < -0.39 is 0 Å². The number of hydrogen-bond donors (Lipinski definition) is 0. The van der Waals surface area contributed by atoms with E-state index in [0.717, 1.165) is 6.42 Å². The van der Waals surface area contributed by atoms with Crippen LogP contribution >= 0.6 is 0 Å². The molecule has 0 saturated carbocycles. The number of rotatable bonds is 1. The average molecular weight is 226 g/mol. The molecular weight excluding hydrogens is 204 g/mol. The number of benzene rings is 1. The van der Waals surface area contributed by atoms with Gasteiger partial charge in [0.15, 0.2) is 0 Å². The second kappa shape index (κ2) is 4.18. The minimum Gasteiger partial charge on any atom is -0.0761 e. The smallest absolute Gasteiger partial charge is 0.00825 e. The minimum atomic E-state index is 0.258. The molecule has 0 fully saturated rings. The van der Waals surface area contributed by atoms with Crippen molar-refractivity contribution < 1.29 is 0 Å². The van der Waals surface area contributed by atoms with Crippen molar-refractivity contribution in [1.82, 2.24) is 0 Å². The van der Waals surface area contributed by atoms with Crippen molar-refractivity contribution in [2.45, 2.75) is 41.0 Å². The van der Waals surface area contributed by atoms with Gasteiger partial charge in [-0.25, -0.2) is 0 Å². The Balaban J connectivity index is 2.45. The fraction of sp³-hybridized carbons (Fsp3) is 0.412. The van der Waals surface area contributed by atoms with Gasteiger partial charge in [0.1, 0.15) is 0 Å². The van der Waals surface area contributed by atoms with E-state index in [9.17, 15) is 0 Å². The molecule has 0 heteroatoms. The highest BCUT2D eigenvalue weighted by Gasteiger charge is 2.25. The van der Waals surface area contributed by atoms with Gasteiger partial charge in [0, 0.05) is 0 Å². The molecule has 17 heavy (non-hydrogen) atoms. The van der Waals surface area contributed by atoms with E-state index in [1.54, 1.807) is 0 Å². The van der Waals surface area contributed by atoms with Crippen molar-refractivity contribution in [3.8, 4) is 0 Å². The van der Waals surface area contributed by atoms with E-state index >= 15 is 0 Å². The lowest BCUT2D eigenvalue weighted by molar-refractivity contribution is 0.512. The van der Waals surface area contributed by atoms with Crippen LogP contribution in [-0.2, 0) is 0 Å². The fourth-order valence-electron chi connectivity index (χ4n) is 2.77. The molecule has 0 radical (unpaired) electrons. The summed E-state index contributed by atoms with van der Waals surface area (Å²) < 4.78 is 0. The van der Waals surface area contributed by atoms with Crippen LogP contribution in [-0.4, -0.2) is 0 Å². The zero-order chi connectivity index (χ0) is 12.6. The third-order valence-electron chi connectivity index (χ3n) is 3.65. The van der Waals surface area contributed by atoms with E-state index in [1.807, 2.05) is 0 Å². The van der Waals surface area contributed by atoms with Crippen molar-refractivity contribution >= 4 is 5.57 Å². The summed E-state index contributed by atoms with van der Waals surface area (Å²) in [5.74, 6) is 0. The lowest BCUT2D eigenvalue weighted by Gasteiger charge is -2.22. The first-order valence-corrected chi connectivity index (χ1v) is 6.38. The summed E-state index contributed by atoms with van der Waals surface area (Å²) >= 11 is 0. The third kappa shape index (κ3) is 2.22. The van der Waals surface area contributed by atoms with Gasteiger partial charge in [0.2, 0.25) is 0 Å². The lowest BCUT2D eigenvalue weighted by Crippen LogP contribution is -2.09. The van der Waals surface area contributed by atoms with E-state index in [4.69, 9.17) is 0 Å². The van der Waals surface area contributed by atoms with Gasteiger partial charge in [-0.2, -0.15) is 0 Å². The highest BCUT2D eigenvalue weighted by atomic mass is 14.3. The third-order valence-corrected chi connectivity index (χ3v) is 3.65. The molecule has 1 aromatic rings. The number of allylic oxidation sites excluding steroid dienone is 4. The highest BCUT2D eigenvalue weighted by Crippen LogP contribution is 2.42. The van der Waals surface area contributed by atoms with Crippen molar-refractivity contribution in [3.05, 3.63) is 52.6 Å². The normalized spacial score (nSPS) is 16.4. The molecule has 0 nitrogen and oxygen atoms in total. The van der Waals surface area contributed by atoms with E-state index in [-0.39, 0.29) is 5.41 Å². The van der Waals surface area contributed by atoms with Crippen LogP contribution in [0.2, 0.25) is 0 Å². The van der Waals surface area contributed by atoms with Gasteiger partial charge in [-0.05, 0) is 53.5 Å². The summed E-state index contributed by atoms with van der Waals surface area (Å²) in [5, 5.41) is 0. The molecule has 0 saturated heterocycles. The maximum absolute atomic E-state index is 2.40. The molecule has 0 aromatic heterocycles. The zero-order valence-corrected chi connectivity index (χ0v) is 11.6. The first kappa shape index (κ1) is 12.2. The Kier molecular flexibility index (Phi) is 2.99. The lowest BCUT2D eigenvalue weighted by atomic mass is 9.83. The molecule has 0 spiro atoms. The Bertz CT molecular complexity index is 493. The summed E-state index contributed by atoms with van der Waals surface area (Å²) in [5.41, 5.74) is 7.55. The summed E-state index contributed by atoms with van der Waals surface area (Å²) in [7, 11) is 0. The van der Waals surface area contributed by atoms with Crippen LogP contribution < -0.4 is 0 Å². The van der Waals surface area contributed by atoms with Gasteiger partial charge in [0.05, 0.1) is 0 Å². The van der Waals surface area contributed by atoms with Crippen LogP contribution in [0.1, 0.15) is 45.2 Å². The second-order valence-corrected chi connectivity index (χ2v) is 5.99. The Morgan fingerprint density at radius 2 is 1.65 bits per heavy atom. The molecule has 0 unspecified atom stereocenters. The summed E-state index contributed by atoms with van der Waals surface area (Å²) in [6.07, 6.45) is 3.49. The maximum Gasteiger partial charge on any atom is -0.00825 e. The molecule has 1 aliphatic rings. The quantitative estimate of drug-likeness (QED) is 0.621. The largest absolute Gasteiger partial charge is 0.0761 e. The van der Waals surface area contributed by atoms with Crippen LogP contribution in [0.25, 0.3) is 5.57 Å². The molecule has 0 amide bonds. The standard InChI is InChI=1S/C17H22/c1-12-8-6-7-9-14(12)15-10-11-16(13(15)2)17(3,4)5/h6-9,11H,10H2,1-5H3. The molecule has 1 aromatic carbocycles. The number of hydrogen-bond acceptors (Lipinski definition) is 0. The van der Waals surface area contributed by atoms with Gasteiger partial charge >= 0.3 is 0 Å². The van der Waals surface area contributed by atoms with Crippen LogP contribution in [0.5, 0.6) is 0 Å². The Labute approximate surface area is 105 Å². The van der Waals surface area contributed by atoms with Crippen molar-refractivity contribution in [2.75, 3.05) is 0 Å². The summed E-state index contributed by atoms with van der Waals surface area (Å²) in [6, 6.07) is 8.69. The SMILES string of the molecule is CC1=C(c2ccccc2C)CC=C1C(C)(C)C. The van der Waals surface area contributed by atoms with Gasteiger partial charge in [-0.1, -0.05) is 51.1 Å². The highest BCUT2D eigenvalue weighted by molar-refractivity contribution is 5.78. The molecule has 0 heterocycles. The Hall–Kier alpha value is -1.30. The fourth-order valence-corrected chi connectivity index (χ4v) is 2.77. The Morgan fingerprint density at radius 1 is 1.00 bits per heavy atom.